The van der Waals surface area contributed by atoms with Crippen molar-refractivity contribution in [2.45, 2.75) is 25.0 Å². The number of hydrogen-bond donors (Lipinski definition) is 0. The van der Waals surface area contributed by atoms with Crippen LogP contribution in [0.3, 0.4) is 0 Å². The molecule has 138 valence electrons. The highest BCUT2D eigenvalue weighted by Crippen LogP contribution is 2.33. The number of hydrogen-bond acceptors (Lipinski definition) is 5. The van der Waals surface area contributed by atoms with E-state index >= 15 is 0 Å². The summed E-state index contributed by atoms with van der Waals surface area (Å²) in [7, 11) is 0. The average molecular weight is 368 g/mol. The number of alkyl halides is 1. The predicted octanol–water partition coefficient (Wildman–Crippen LogP) is 3.16. The van der Waals surface area contributed by atoms with Crippen LogP contribution in [0.4, 0.5) is 4.39 Å². The minimum absolute atomic E-state index is 0.240. The Kier molecular flexibility index (Phi) is 5.53. The topological polar surface area (TPSA) is 61.8 Å². The maximum Gasteiger partial charge on any atom is 0.339 e. The molecule has 3 rings (SSSR count). The van der Waals surface area contributed by atoms with Crippen LogP contribution in [-0.2, 0) is 14.2 Å². The third-order valence-electron chi connectivity index (χ3n) is 4.02. The van der Waals surface area contributed by atoms with Crippen molar-refractivity contribution in [3.8, 4) is 11.8 Å². The van der Waals surface area contributed by atoms with E-state index in [0.29, 0.717) is 0 Å². The van der Waals surface area contributed by atoms with Gasteiger partial charge in [0.25, 0.3) is 0 Å². The van der Waals surface area contributed by atoms with Gasteiger partial charge in [-0.05, 0) is 37.1 Å². The van der Waals surface area contributed by atoms with Crippen LogP contribution < -0.4 is 0 Å². The summed E-state index contributed by atoms with van der Waals surface area (Å²) < 4.78 is 30.1. The Morgan fingerprint density at radius 1 is 1.04 bits per heavy atom. The second-order valence-electron chi connectivity index (χ2n) is 5.87. The second kappa shape index (κ2) is 8.02. The first kappa shape index (κ1) is 18.6. The van der Waals surface area contributed by atoms with E-state index in [1.165, 1.54) is 19.1 Å². The Hall–Kier alpha value is -3.17. The molecule has 3 atom stereocenters. The molecule has 0 bridgehead atoms. The van der Waals surface area contributed by atoms with Crippen LogP contribution in [0.25, 0.3) is 0 Å². The molecule has 1 saturated heterocycles. The van der Waals surface area contributed by atoms with E-state index in [9.17, 15) is 14.0 Å². The van der Waals surface area contributed by atoms with Crippen molar-refractivity contribution in [3.63, 3.8) is 0 Å². The van der Waals surface area contributed by atoms with Gasteiger partial charge in [0.1, 0.15) is 6.61 Å². The van der Waals surface area contributed by atoms with Gasteiger partial charge in [-0.1, -0.05) is 36.4 Å². The van der Waals surface area contributed by atoms with Crippen molar-refractivity contribution in [3.05, 3.63) is 71.8 Å². The molecular weight excluding hydrogens is 351 g/mol. The molecule has 0 amide bonds. The largest absolute Gasteiger partial charge is 0.447 e. The summed E-state index contributed by atoms with van der Waals surface area (Å²) >= 11 is 0. The predicted molar refractivity (Wildman–Crippen MR) is 94.5 cm³/mol. The van der Waals surface area contributed by atoms with E-state index in [-0.39, 0.29) is 17.7 Å². The quantitative estimate of drug-likeness (QED) is 0.613. The van der Waals surface area contributed by atoms with Crippen molar-refractivity contribution >= 4 is 11.9 Å². The van der Waals surface area contributed by atoms with E-state index in [0.717, 1.165) is 0 Å². The van der Waals surface area contributed by atoms with Crippen LogP contribution in [0.15, 0.2) is 60.7 Å². The number of rotatable bonds is 4. The summed E-state index contributed by atoms with van der Waals surface area (Å²) in [6.07, 6.45) is -3.48. The molecule has 1 fully saturated rings. The Bertz CT molecular complexity index is 872. The normalized spacial score (nSPS) is 23.8. The smallest absolute Gasteiger partial charge is 0.339 e. The summed E-state index contributed by atoms with van der Waals surface area (Å²) in [6, 6.07) is 16.3. The standard InChI is InChI=1S/C21H17FO5/c1-2-13-21(27-20(24)16-11-7-4-8-12-16)14-25-18(22)17(21)26-19(23)15-9-5-3-6-10-15/h3-12,17-18H,14H2,1H3. The number of halogens is 1. The first-order valence-corrected chi connectivity index (χ1v) is 8.30. The van der Waals surface area contributed by atoms with Crippen molar-refractivity contribution < 1.29 is 28.2 Å². The zero-order chi connectivity index (χ0) is 19.3. The summed E-state index contributed by atoms with van der Waals surface area (Å²) in [4.78, 5) is 24.8. The summed E-state index contributed by atoms with van der Waals surface area (Å²) in [6.45, 7) is 1.17. The zero-order valence-corrected chi connectivity index (χ0v) is 14.6. The Balaban J connectivity index is 1.86. The first-order chi connectivity index (χ1) is 13.1. The molecule has 0 radical (unpaired) electrons. The molecule has 0 aliphatic carbocycles. The fourth-order valence-electron chi connectivity index (χ4n) is 2.72. The van der Waals surface area contributed by atoms with E-state index in [1.54, 1.807) is 48.5 Å². The SMILES string of the molecule is CC#CC1(OC(=O)c2ccccc2)COC(F)C1OC(=O)c1ccccc1. The molecule has 0 aromatic heterocycles. The minimum Gasteiger partial charge on any atom is -0.447 e. The van der Waals surface area contributed by atoms with Crippen molar-refractivity contribution in [2.75, 3.05) is 6.61 Å². The molecule has 2 aromatic rings. The molecular formula is C21H17FO5. The number of carbonyl (C=O) groups excluding carboxylic acids is 2. The highest BCUT2D eigenvalue weighted by atomic mass is 19.1. The fraction of sp³-hybridized carbons (Fsp3) is 0.238. The summed E-state index contributed by atoms with van der Waals surface area (Å²) in [5.41, 5.74) is -1.22. The lowest BCUT2D eigenvalue weighted by Gasteiger charge is -2.28. The van der Waals surface area contributed by atoms with Gasteiger partial charge < -0.3 is 14.2 Å². The maximum atomic E-state index is 14.4. The highest BCUT2D eigenvalue weighted by molar-refractivity contribution is 5.90. The van der Waals surface area contributed by atoms with Crippen molar-refractivity contribution in [2.24, 2.45) is 0 Å². The molecule has 0 spiro atoms. The lowest BCUT2D eigenvalue weighted by molar-refractivity contribution is -0.0804. The molecule has 1 aliphatic rings. The van der Waals surface area contributed by atoms with Crippen LogP contribution in [0.1, 0.15) is 27.6 Å². The van der Waals surface area contributed by atoms with Gasteiger partial charge in [-0.25, -0.2) is 14.0 Å². The molecule has 0 saturated carbocycles. The molecule has 3 unspecified atom stereocenters. The Morgan fingerprint density at radius 2 is 1.59 bits per heavy atom. The minimum atomic E-state index is -1.97. The number of benzene rings is 2. The third-order valence-corrected chi connectivity index (χ3v) is 4.02. The molecule has 5 nitrogen and oxygen atoms in total. The van der Waals surface area contributed by atoms with Crippen LogP contribution in [-0.4, -0.2) is 36.6 Å². The molecule has 1 heterocycles. The monoisotopic (exact) mass is 368 g/mol. The average Bonchev–Trinajstić information content (AvgIpc) is 2.99. The first-order valence-electron chi connectivity index (χ1n) is 8.30. The van der Waals surface area contributed by atoms with Gasteiger partial charge in [-0.15, -0.1) is 5.92 Å². The van der Waals surface area contributed by atoms with Gasteiger partial charge >= 0.3 is 11.9 Å². The van der Waals surface area contributed by atoms with E-state index in [1.807, 2.05) is 0 Å². The Labute approximate surface area is 156 Å². The molecule has 1 aliphatic heterocycles. The van der Waals surface area contributed by atoms with Crippen molar-refractivity contribution in [1.29, 1.82) is 0 Å². The van der Waals surface area contributed by atoms with Gasteiger partial charge in [0, 0.05) is 0 Å². The number of esters is 2. The summed E-state index contributed by atoms with van der Waals surface area (Å²) in [5, 5.41) is 0. The van der Waals surface area contributed by atoms with Crippen LogP contribution in [0.5, 0.6) is 0 Å². The fourth-order valence-corrected chi connectivity index (χ4v) is 2.72. The zero-order valence-electron chi connectivity index (χ0n) is 14.6. The van der Waals surface area contributed by atoms with Crippen LogP contribution >= 0.6 is 0 Å². The van der Waals surface area contributed by atoms with E-state index in [4.69, 9.17) is 14.2 Å². The molecule has 2 aromatic carbocycles. The third kappa shape index (κ3) is 3.99. The van der Waals surface area contributed by atoms with Crippen LogP contribution in [0.2, 0.25) is 0 Å². The van der Waals surface area contributed by atoms with Gasteiger partial charge in [0.05, 0.1) is 11.1 Å². The molecule has 0 N–H and O–H groups in total. The van der Waals surface area contributed by atoms with Crippen molar-refractivity contribution in [1.82, 2.24) is 0 Å². The van der Waals surface area contributed by atoms with Gasteiger partial charge in [-0.3, -0.25) is 0 Å². The second-order valence-corrected chi connectivity index (χ2v) is 5.87. The van der Waals surface area contributed by atoms with Gasteiger partial charge in [-0.2, -0.15) is 0 Å². The number of ether oxygens (including phenoxy) is 3. The highest BCUT2D eigenvalue weighted by Gasteiger charge is 2.56. The molecule has 27 heavy (non-hydrogen) atoms. The Morgan fingerprint density at radius 3 is 2.15 bits per heavy atom. The van der Waals surface area contributed by atoms with E-state index in [2.05, 4.69) is 11.8 Å². The number of carbonyl (C=O) groups is 2. The lowest BCUT2D eigenvalue weighted by atomic mass is 9.99. The van der Waals surface area contributed by atoms with E-state index < -0.39 is 30.0 Å². The van der Waals surface area contributed by atoms with Gasteiger partial charge in [0.15, 0.2) is 0 Å². The lowest BCUT2D eigenvalue weighted by Crippen LogP contribution is -2.48. The summed E-state index contributed by atoms with van der Waals surface area (Å²) in [5.74, 6) is 3.80. The maximum absolute atomic E-state index is 14.4. The van der Waals surface area contributed by atoms with Crippen LogP contribution in [0, 0.1) is 11.8 Å². The van der Waals surface area contributed by atoms with Gasteiger partial charge in [0.2, 0.25) is 18.1 Å². The molecule has 6 heteroatoms.